The standard InChI is InChI=1S/C12H12N2O/c1-9-5-12(15-2)4-3-11(9)6-10(7-13)8-14/h3-5,10H,6H2,1-2H3. The Bertz CT molecular complexity index is 412. The number of hydrogen-bond donors (Lipinski definition) is 0. The Morgan fingerprint density at radius 3 is 2.47 bits per heavy atom. The predicted molar refractivity (Wildman–Crippen MR) is 56.2 cm³/mol. The lowest BCUT2D eigenvalue weighted by molar-refractivity contribution is 0.414. The van der Waals surface area contributed by atoms with E-state index in [-0.39, 0.29) is 0 Å². The number of methoxy groups -OCH3 is 1. The van der Waals surface area contributed by atoms with E-state index in [9.17, 15) is 0 Å². The highest BCUT2D eigenvalue weighted by molar-refractivity contribution is 5.35. The predicted octanol–water partition coefficient (Wildman–Crippen LogP) is 2.21. The van der Waals surface area contributed by atoms with Crippen LogP contribution in [-0.4, -0.2) is 7.11 Å². The largest absolute Gasteiger partial charge is 0.497 e. The normalized spacial score (nSPS) is 9.40. The van der Waals surface area contributed by atoms with E-state index >= 15 is 0 Å². The smallest absolute Gasteiger partial charge is 0.137 e. The first-order chi connectivity index (χ1) is 7.21. The van der Waals surface area contributed by atoms with Gasteiger partial charge in [-0.15, -0.1) is 0 Å². The highest BCUT2D eigenvalue weighted by Crippen LogP contribution is 2.19. The second kappa shape index (κ2) is 5.02. The van der Waals surface area contributed by atoms with Crippen molar-refractivity contribution in [2.75, 3.05) is 7.11 Å². The van der Waals surface area contributed by atoms with E-state index in [1.807, 2.05) is 37.3 Å². The molecule has 0 amide bonds. The van der Waals surface area contributed by atoms with Crippen LogP contribution in [0.5, 0.6) is 5.75 Å². The number of benzene rings is 1. The van der Waals surface area contributed by atoms with Gasteiger partial charge >= 0.3 is 0 Å². The summed E-state index contributed by atoms with van der Waals surface area (Å²) in [5.74, 6) is 0.221. The fraction of sp³-hybridized carbons (Fsp3) is 0.333. The molecule has 1 aromatic carbocycles. The molecule has 0 aliphatic rings. The zero-order valence-corrected chi connectivity index (χ0v) is 8.82. The summed E-state index contributed by atoms with van der Waals surface area (Å²) in [5.41, 5.74) is 2.06. The zero-order valence-electron chi connectivity index (χ0n) is 8.82. The molecule has 76 valence electrons. The Hall–Kier alpha value is -2.00. The van der Waals surface area contributed by atoms with Crippen LogP contribution in [0, 0.1) is 35.5 Å². The fourth-order valence-corrected chi connectivity index (χ4v) is 1.36. The molecule has 0 radical (unpaired) electrons. The first-order valence-corrected chi connectivity index (χ1v) is 4.64. The average molecular weight is 200 g/mol. The van der Waals surface area contributed by atoms with Gasteiger partial charge in [0.05, 0.1) is 19.2 Å². The Balaban J connectivity index is 2.89. The van der Waals surface area contributed by atoms with Crippen molar-refractivity contribution in [2.45, 2.75) is 13.3 Å². The molecule has 1 aromatic rings. The van der Waals surface area contributed by atoms with Crippen LogP contribution in [-0.2, 0) is 6.42 Å². The minimum atomic E-state index is -0.572. The average Bonchev–Trinajstić information content (AvgIpc) is 2.27. The molecule has 15 heavy (non-hydrogen) atoms. The van der Waals surface area contributed by atoms with Crippen LogP contribution in [0.25, 0.3) is 0 Å². The van der Waals surface area contributed by atoms with Crippen molar-refractivity contribution in [2.24, 2.45) is 5.92 Å². The highest BCUT2D eigenvalue weighted by atomic mass is 16.5. The van der Waals surface area contributed by atoms with Gasteiger partial charge in [0, 0.05) is 6.42 Å². The van der Waals surface area contributed by atoms with E-state index in [2.05, 4.69) is 0 Å². The van der Waals surface area contributed by atoms with E-state index in [4.69, 9.17) is 15.3 Å². The van der Waals surface area contributed by atoms with Crippen molar-refractivity contribution in [1.82, 2.24) is 0 Å². The molecule has 0 bridgehead atoms. The molecule has 0 saturated carbocycles. The van der Waals surface area contributed by atoms with Crippen LogP contribution in [0.2, 0.25) is 0 Å². The lowest BCUT2D eigenvalue weighted by Crippen LogP contribution is -2.00. The van der Waals surface area contributed by atoms with Gasteiger partial charge in [-0.05, 0) is 30.2 Å². The van der Waals surface area contributed by atoms with Crippen LogP contribution < -0.4 is 4.74 Å². The van der Waals surface area contributed by atoms with Gasteiger partial charge in [0.15, 0.2) is 0 Å². The molecular formula is C12H12N2O. The molecule has 0 N–H and O–H groups in total. The second-order valence-corrected chi connectivity index (χ2v) is 3.31. The van der Waals surface area contributed by atoms with Crippen LogP contribution in [0.4, 0.5) is 0 Å². The summed E-state index contributed by atoms with van der Waals surface area (Å²) in [6.45, 7) is 1.95. The molecule has 1 rings (SSSR count). The molecule has 0 saturated heterocycles. The van der Waals surface area contributed by atoms with Crippen LogP contribution in [0.15, 0.2) is 18.2 Å². The van der Waals surface area contributed by atoms with Crippen molar-refractivity contribution in [3.63, 3.8) is 0 Å². The number of rotatable bonds is 3. The van der Waals surface area contributed by atoms with Crippen LogP contribution in [0.1, 0.15) is 11.1 Å². The van der Waals surface area contributed by atoms with Crippen molar-refractivity contribution >= 4 is 0 Å². The van der Waals surface area contributed by atoms with E-state index in [0.29, 0.717) is 6.42 Å². The molecule has 0 aliphatic heterocycles. The van der Waals surface area contributed by atoms with E-state index in [0.717, 1.165) is 16.9 Å². The Labute approximate surface area is 89.5 Å². The third-order valence-electron chi connectivity index (χ3n) is 2.29. The van der Waals surface area contributed by atoms with E-state index in [1.165, 1.54) is 0 Å². The molecule has 3 nitrogen and oxygen atoms in total. The Kier molecular flexibility index (Phi) is 3.71. The zero-order chi connectivity index (χ0) is 11.3. The van der Waals surface area contributed by atoms with Gasteiger partial charge in [-0.3, -0.25) is 0 Å². The van der Waals surface area contributed by atoms with Gasteiger partial charge in [-0.25, -0.2) is 0 Å². The summed E-state index contributed by atoms with van der Waals surface area (Å²) in [6.07, 6.45) is 0.475. The van der Waals surface area contributed by atoms with Crippen molar-refractivity contribution < 1.29 is 4.74 Å². The van der Waals surface area contributed by atoms with Crippen molar-refractivity contribution in [3.8, 4) is 17.9 Å². The molecule has 0 atom stereocenters. The molecule has 0 spiro atoms. The molecular weight excluding hydrogens is 188 g/mol. The summed E-state index contributed by atoms with van der Waals surface area (Å²) in [6, 6.07) is 9.57. The molecule has 0 aromatic heterocycles. The number of nitrogens with zero attached hydrogens (tertiary/aromatic N) is 2. The Morgan fingerprint density at radius 2 is 2.00 bits per heavy atom. The molecule has 3 heteroatoms. The van der Waals surface area contributed by atoms with Crippen LogP contribution >= 0.6 is 0 Å². The van der Waals surface area contributed by atoms with E-state index < -0.39 is 5.92 Å². The molecule has 0 fully saturated rings. The third kappa shape index (κ3) is 2.72. The third-order valence-corrected chi connectivity index (χ3v) is 2.29. The fourth-order valence-electron chi connectivity index (χ4n) is 1.36. The molecule has 0 unspecified atom stereocenters. The van der Waals surface area contributed by atoms with Gasteiger partial charge < -0.3 is 4.74 Å². The maximum atomic E-state index is 8.68. The lowest BCUT2D eigenvalue weighted by Gasteiger charge is -2.07. The molecule has 0 aliphatic carbocycles. The van der Waals surface area contributed by atoms with Gasteiger partial charge in [0.2, 0.25) is 0 Å². The topological polar surface area (TPSA) is 56.8 Å². The van der Waals surface area contributed by atoms with Gasteiger partial charge in [-0.2, -0.15) is 10.5 Å². The lowest BCUT2D eigenvalue weighted by atomic mass is 9.98. The summed E-state index contributed by atoms with van der Waals surface area (Å²) in [7, 11) is 1.61. The number of ether oxygens (including phenoxy) is 1. The van der Waals surface area contributed by atoms with Crippen LogP contribution in [0.3, 0.4) is 0 Å². The summed E-state index contributed by atoms with van der Waals surface area (Å²) >= 11 is 0. The minimum absolute atomic E-state index is 0.475. The monoisotopic (exact) mass is 200 g/mol. The Morgan fingerprint density at radius 1 is 1.33 bits per heavy atom. The van der Waals surface area contributed by atoms with E-state index in [1.54, 1.807) is 7.11 Å². The quantitative estimate of drug-likeness (QED) is 0.751. The first-order valence-electron chi connectivity index (χ1n) is 4.64. The number of aryl methyl sites for hydroxylation is 1. The maximum absolute atomic E-state index is 8.68. The van der Waals surface area contributed by atoms with Crippen molar-refractivity contribution in [1.29, 1.82) is 10.5 Å². The van der Waals surface area contributed by atoms with Crippen molar-refractivity contribution in [3.05, 3.63) is 29.3 Å². The highest BCUT2D eigenvalue weighted by Gasteiger charge is 2.09. The van der Waals surface area contributed by atoms with Gasteiger partial charge in [-0.1, -0.05) is 6.07 Å². The van der Waals surface area contributed by atoms with Gasteiger partial charge in [0.25, 0.3) is 0 Å². The summed E-state index contributed by atoms with van der Waals surface area (Å²) in [4.78, 5) is 0. The maximum Gasteiger partial charge on any atom is 0.137 e. The SMILES string of the molecule is COc1ccc(CC(C#N)C#N)c(C)c1. The first kappa shape index (κ1) is 11.1. The van der Waals surface area contributed by atoms with Gasteiger partial charge in [0.1, 0.15) is 11.7 Å². The summed E-state index contributed by atoms with van der Waals surface area (Å²) < 4.78 is 5.08. The number of hydrogen-bond acceptors (Lipinski definition) is 3. The summed E-state index contributed by atoms with van der Waals surface area (Å²) in [5, 5.41) is 17.4. The minimum Gasteiger partial charge on any atom is -0.497 e. The molecule has 0 heterocycles. The number of nitriles is 2. The second-order valence-electron chi connectivity index (χ2n) is 3.31.